The second-order valence-electron chi connectivity index (χ2n) is 5.64. The summed E-state index contributed by atoms with van der Waals surface area (Å²) in [5.41, 5.74) is 1.53. The van der Waals surface area contributed by atoms with Crippen molar-refractivity contribution in [2.45, 2.75) is 12.1 Å². The van der Waals surface area contributed by atoms with Gasteiger partial charge in [-0.05, 0) is 37.3 Å². The van der Waals surface area contributed by atoms with Gasteiger partial charge in [-0.25, -0.2) is 0 Å². The standard InChI is InChI=1S/C19H19ClN4O2S/c1-3-26-16-10-5-4-9-15(16)18-22-23-19(24(18)2)27-12-17(25)21-14-8-6-7-13(20)11-14/h4-11H,3,12H2,1-2H3,(H,21,25). The maximum atomic E-state index is 12.2. The Kier molecular flexibility index (Phi) is 6.36. The first-order valence-corrected chi connectivity index (χ1v) is 9.74. The molecule has 8 heteroatoms. The molecule has 0 saturated heterocycles. The number of nitrogens with zero attached hydrogens (tertiary/aromatic N) is 3. The van der Waals surface area contributed by atoms with Crippen molar-refractivity contribution >= 4 is 35.0 Å². The lowest BCUT2D eigenvalue weighted by Crippen LogP contribution is -2.14. The summed E-state index contributed by atoms with van der Waals surface area (Å²) in [6, 6.07) is 14.7. The van der Waals surface area contributed by atoms with E-state index >= 15 is 0 Å². The van der Waals surface area contributed by atoms with E-state index < -0.39 is 0 Å². The fraction of sp³-hybridized carbons (Fsp3) is 0.211. The van der Waals surface area contributed by atoms with Crippen LogP contribution in [0, 0.1) is 0 Å². The molecule has 2 aromatic carbocycles. The Balaban J connectivity index is 1.68. The maximum absolute atomic E-state index is 12.2. The minimum Gasteiger partial charge on any atom is -0.493 e. The maximum Gasteiger partial charge on any atom is 0.234 e. The number of benzene rings is 2. The number of para-hydroxylation sites is 1. The molecule has 0 atom stereocenters. The first-order valence-electron chi connectivity index (χ1n) is 8.38. The zero-order chi connectivity index (χ0) is 19.2. The monoisotopic (exact) mass is 402 g/mol. The Hall–Kier alpha value is -2.51. The second kappa shape index (κ2) is 8.92. The van der Waals surface area contributed by atoms with E-state index in [1.807, 2.05) is 42.8 Å². The van der Waals surface area contributed by atoms with Gasteiger partial charge in [-0.2, -0.15) is 0 Å². The highest BCUT2D eigenvalue weighted by molar-refractivity contribution is 7.99. The van der Waals surface area contributed by atoms with E-state index in [4.69, 9.17) is 16.3 Å². The lowest BCUT2D eigenvalue weighted by molar-refractivity contribution is -0.113. The summed E-state index contributed by atoms with van der Waals surface area (Å²) < 4.78 is 7.52. The van der Waals surface area contributed by atoms with E-state index in [2.05, 4.69) is 15.5 Å². The van der Waals surface area contributed by atoms with Crippen LogP contribution < -0.4 is 10.1 Å². The largest absolute Gasteiger partial charge is 0.493 e. The lowest BCUT2D eigenvalue weighted by atomic mass is 10.2. The van der Waals surface area contributed by atoms with Gasteiger partial charge in [0.15, 0.2) is 11.0 Å². The van der Waals surface area contributed by atoms with Gasteiger partial charge in [-0.15, -0.1) is 10.2 Å². The van der Waals surface area contributed by atoms with Crippen LogP contribution in [-0.2, 0) is 11.8 Å². The SMILES string of the molecule is CCOc1ccccc1-c1nnc(SCC(=O)Nc2cccc(Cl)c2)n1C. The third-order valence-electron chi connectivity index (χ3n) is 3.70. The molecule has 0 bridgehead atoms. The van der Waals surface area contributed by atoms with Crippen molar-refractivity contribution in [2.75, 3.05) is 17.7 Å². The van der Waals surface area contributed by atoms with Crippen LogP contribution in [0.2, 0.25) is 5.02 Å². The van der Waals surface area contributed by atoms with Crippen molar-refractivity contribution in [3.63, 3.8) is 0 Å². The summed E-state index contributed by atoms with van der Waals surface area (Å²) in [7, 11) is 1.87. The van der Waals surface area contributed by atoms with Crippen LogP contribution in [0.25, 0.3) is 11.4 Å². The Morgan fingerprint density at radius 2 is 2.04 bits per heavy atom. The number of amides is 1. The summed E-state index contributed by atoms with van der Waals surface area (Å²) in [6.45, 7) is 2.51. The van der Waals surface area contributed by atoms with Crippen molar-refractivity contribution < 1.29 is 9.53 Å². The molecule has 1 heterocycles. The molecule has 1 N–H and O–H groups in total. The predicted octanol–water partition coefficient (Wildman–Crippen LogP) is 4.27. The average Bonchev–Trinajstić information content (AvgIpc) is 3.01. The molecule has 0 aliphatic rings. The van der Waals surface area contributed by atoms with Crippen molar-refractivity contribution in [3.8, 4) is 17.1 Å². The topological polar surface area (TPSA) is 69.0 Å². The number of nitrogens with one attached hydrogen (secondary N) is 1. The van der Waals surface area contributed by atoms with Crippen LogP contribution in [0.15, 0.2) is 53.7 Å². The van der Waals surface area contributed by atoms with Crippen LogP contribution >= 0.6 is 23.4 Å². The summed E-state index contributed by atoms with van der Waals surface area (Å²) in [5.74, 6) is 1.52. The molecule has 0 aliphatic carbocycles. The number of hydrogen-bond acceptors (Lipinski definition) is 5. The Bertz CT molecular complexity index is 945. The Labute approximate surface area is 166 Å². The van der Waals surface area contributed by atoms with Crippen molar-refractivity contribution in [1.82, 2.24) is 14.8 Å². The van der Waals surface area contributed by atoms with Gasteiger partial charge < -0.3 is 14.6 Å². The Morgan fingerprint density at radius 3 is 2.81 bits per heavy atom. The molecule has 6 nitrogen and oxygen atoms in total. The van der Waals surface area contributed by atoms with Gasteiger partial charge >= 0.3 is 0 Å². The zero-order valence-corrected chi connectivity index (χ0v) is 16.5. The third kappa shape index (κ3) is 4.81. The summed E-state index contributed by atoms with van der Waals surface area (Å²) in [5, 5.41) is 12.5. The van der Waals surface area contributed by atoms with Crippen LogP contribution in [0.3, 0.4) is 0 Å². The molecule has 27 heavy (non-hydrogen) atoms. The van der Waals surface area contributed by atoms with Gasteiger partial charge in [-0.1, -0.05) is 41.6 Å². The number of hydrogen-bond donors (Lipinski definition) is 1. The fourth-order valence-electron chi connectivity index (χ4n) is 2.50. The van der Waals surface area contributed by atoms with E-state index in [-0.39, 0.29) is 11.7 Å². The van der Waals surface area contributed by atoms with Gasteiger partial charge in [0, 0.05) is 17.8 Å². The minimum atomic E-state index is -0.137. The first-order chi connectivity index (χ1) is 13.1. The third-order valence-corrected chi connectivity index (χ3v) is 4.96. The smallest absolute Gasteiger partial charge is 0.234 e. The van der Waals surface area contributed by atoms with Crippen LogP contribution in [0.5, 0.6) is 5.75 Å². The normalized spacial score (nSPS) is 10.6. The number of anilines is 1. The number of rotatable bonds is 7. The summed E-state index contributed by atoms with van der Waals surface area (Å²) in [6.07, 6.45) is 0. The molecule has 3 aromatic rings. The number of aromatic nitrogens is 3. The number of ether oxygens (including phenoxy) is 1. The van der Waals surface area contributed by atoms with Gasteiger partial charge in [0.05, 0.1) is 17.9 Å². The van der Waals surface area contributed by atoms with Gasteiger partial charge in [0.2, 0.25) is 5.91 Å². The number of halogens is 1. The van der Waals surface area contributed by atoms with E-state index in [0.717, 1.165) is 11.3 Å². The van der Waals surface area contributed by atoms with Crippen LogP contribution in [-0.4, -0.2) is 33.0 Å². The quantitative estimate of drug-likeness (QED) is 0.598. The lowest BCUT2D eigenvalue weighted by Gasteiger charge is -2.09. The second-order valence-corrected chi connectivity index (χ2v) is 7.02. The van der Waals surface area contributed by atoms with E-state index in [0.29, 0.717) is 28.3 Å². The van der Waals surface area contributed by atoms with Crippen molar-refractivity contribution in [1.29, 1.82) is 0 Å². The minimum absolute atomic E-state index is 0.137. The Morgan fingerprint density at radius 1 is 1.22 bits per heavy atom. The molecule has 1 aromatic heterocycles. The molecule has 0 aliphatic heterocycles. The molecular formula is C19H19ClN4O2S. The number of carbonyl (C=O) groups is 1. The highest BCUT2D eigenvalue weighted by Gasteiger charge is 2.16. The highest BCUT2D eigenvalue weighted by Crippen LogP contribution is 2.30. The van der Waals surface area contributed by atoms with E-state index in [9.17, 15) is 4.79 Å². The predicted molar refractivity (Wildman–Crippen MR) is 108 cm³/mol. The molecular weight excluding hydrogens is 384 g/mol. The number of thioether (sulfide) groups is 1. The first kappa shape index (κ1) is 19.3. The molecule has 1 amide bonds. The average molecular weight is 403 g/mol. The van der Waals surface area contributed by atoms with Gasteiger partial charge in [0.1, 0.15) is 5.75 Å². The van der Waals surface area contributed by atoms with Crippen LogP contribution in [0.1, 0.15) is 6.92 Å². The molecule has 0 radical (unpaired) electrons. The zero-order valence-electron chi connectivity index (χ0n) is 15.0. The molecule has 0 saturated carbocycles. The fourth-order valence-corrected chi connectivity index (χ4v) is 3.40. The summed E-state index contributed by atoms with van der Waals surface area (Å²) >= 11 is 7.25. The van der Waals surface area contributed by atoms with E-state index in [1.165, 1.54) is 11.8 Å². The highest BCUT2D eigenvalue weighted by atomic mass is 35.5. The molecule has 140 valence electrons. The van der Waals surface area contributed by atoms with Crippen molar-refractivity contribution in [2.24, 2.45) is 7.05 Å². The molecule has 0 unspecified atom stereocenters. The van der Waals surface area contributed by atoms with E-state index in [1.54, 1.807) is 24.3 Å². The van der Waals surface area contributed by atoms with Crippen molar-refractivity contribution in [3.05, 3.63) is 53.6 Å². The molecule has 0 fully saturated rings. The molecule has 3 rings (SSSR count). The van der Waals surface area contributed by atoms with Gasteiger partial charge in [0.25, 0.3) is 0 Å². The molecule has 0 spiro atoms. The van der Waals surface area contributed by atoms with Gasteiger partial charge in [-0.3, -0.25) is 4.79 Å². The number of carbonyl (C=O) groups excluding carboxylic acids is 1. The van der Waals surface area contributed by atoms with Crippen LogP contribution in [0.4, 0.5) is 5.69 Å². The summed E-state index contributed by atoms with van der Waals surface area (Å²) in [4.78, 5) is 12.2.